The first-order valence-corrected chi connectivity index (χ1v) is 9.15. The molecule has 1 heterocycles. The molecule has 1 aromatic carbocycles. The molecule has 1 saturated heterocycles. The van der Waals surface area contributed by atoms with Crippen LogP contribution in [0.2, 0.25) is 0 Å². The third-order valence-corrected chi connectivity index (χ3v) is 5.25. The number of piperazine rings is 1. The first-order chi connectivity index (χ1) is 11.8. The van der Waals surface area contributed by atoms with Crippen molar-refractivity contribution in [2.24, 2.45) is 0 Å². The average molecular weight is 331 g/mol. The Morgan fingerprint density at radius 3 is 2.54 bits per heavy atom. The molecule has 0 bridgehead atoms. The van der Waals surface area contributed by atoms with Crippen molar-refractivity contribution in [3.8, 4) is 5.75 Å². The summed E-state index contributed by atoms with van der Waals surface area (Å²) in [6.07, 6.45) is 6.88. The molecule has 1 aromatic rings. The number of anilines is 1. The molecule has 0 spiro atoms. The highest BCUT2D eigenvalue weighted by Crippen LogP contribution is 2.24. The van der Waals surface area contributed by atoms with E-state index in [4.69, 9.17) is 4.74 Å². The average Bonchev–Trinajstić information content (AvgIpc) is 2.63. The molecule has 1 amide bonds. The monoisotopic (exact) mass is 331 g/mol. The minimum atomic E-state index is 0.0330. The predicted octanol–water partition coefficient (Wildman–Crippen LogP) is 2.58. The van der Waals surface area contributed by atoms with Gasteiger partial charge in [0.1, 0.15) is 5.75 Å². The number of benzene rings is 1. The normalized spacial score (nSPS) is 20.7. The second-order valence-electron chi connectivity index (χ2n) is 6.85. The molecule has 0 atom stereocenters. The van der Waals surface area contributed by atoms with Crippen LogP contribution in [0.3, 0.4) is 0 Å². The van der Waals surface area contributed by atoms with E-state index in [1.165, 1.54) is 32.1 Å². The summed E-state index contributed by atoms with van der Waals surface area (Å²) in [5.74, 6) is 0.735. The van der Waals surface area contributed by atoms with Crippen molar-refractivity contribution in [1.82, 2.24) is 9.80 Å². The lowest BCUT2D eigenvalue weighted by Crippen LogP contribution is -2.52. The highest BCUT2D eigenvalue weighted by Gasteiger charge is 2.25. The zero-order chi connectivity index (χ0) is 16.8. The van der Waals surface area contributed by atoms with Gasteiger partial charge in [-0.1, -0.05) is 31.4 Å². The number of methoxy groups -OCH3 is 1. The fourth-order valence-electron chi connectivity index (χ4n) is 3.87. The van der Waals surface area contributed by atoms with Gasteiger partial charge in [-0.2, -0.15) is 0 Å². The summed E-state index contributed by atoms with van der Waals surface area (Å²) in [7, 11) is 1.62. The molecule has 1 N–H and O–H groups in total. The van der Waals surface area contributed by atoms with Gasteiger partial charge in [0.25, 0.3) is 0 Å². The minimum absolute atomic E-state index is 0.0330. The van der Waals surface area contributed by atoms with Crippen LogP contribution in [0.15, 0.2) is 24.3 Å². The minimum Gasteiger partial charge on any atom is -0.495 e. The molecule has 0 radical (unpaired) electrons. The maximum atomic E-state index is 12.3. The van der Waals surface area contributed by atoms with E-state index in [-0.39, 0.29) is 5.91 Å². The Hall–Kier alpha value is -1.59. The number of nitrogens with one attached hydrogen (secondary N) is 1. The van der Waals surface area contributed by atoms with Crippen LogP contribution in [0, 0.1) is 0 Å². The van der Waals surface area contributed by atoms with Gasteiger partial charge in [-0.05, 0) is 25.0 Å². The highest BCUT2D eigenvalue weighted by atomic mass is 16.5. The third kappa shape index (κ3) is 4.48. The molecule has 24 heavy (non-hydrogen) atoms. The molecular weight excluding hydrogens is 302 g/mol. The Morgan fingerprint density at radius 1 is 1.12 bits per heavy atom. The number of amides is 1. The van der Waals surface area contributed by atoms with Gasteiger partial charge < -0.3 is 10.1 Å². The summed E-state index contributed by atoms with van der Waals surface area (Å²) in [5.41, 5.74) is 0.742. The second-order valence-corrected chi connectivity index (χ2v) is 6.85. The zero-order valence-electron chi connectivity index (χ0n) is 14.7. The summed E-state index contributed by atoms with van der Waals surface area (Å²) >= 11 is 0. The van der Waals surface area contributed by atoms with Gasteiger partial charge in [0, 0.05) is 32.2 Å². The quantitative estimate of drug-likeness (QED) is 0.901. The van der Waals surface area contributed by atoms with Crippen molar-refractivity contribution in [3.63, 3.8) is 0 Å². The lowest BCUT2D eigenvalue weighted by molar-refractivity contribution is -0.117. The van der Waals surface area contributed by atoms with Gasteiger partial charge in [0.2, 0.25) is 5.91 Å². The molecule has 0 aromatic heterocycles. The summed E-state index contributed by atoms with van der Waals surface area (Å²) in [6, 6.07) is 8.32. The number of carbonyl (C=O) groups excluding carboxylic acids is 1. The van der Waals surface area contributed by atoms with Crippen LogP contribution >= 0.6 is 0 Å². The van der Waals surface area contributed by atoms with Crippen molar-refractivity contribution in [1.29, 1.82) is 0 Å². The van der Waals surface area contributed by atoms with E-state index in [0.717, 1.165) is 37.9 Å². The SMILES string of the molecule is COc1ccccc1NC(=O)CN1CCN(C2CCCCC2)CC1. The van der Waals surface area contributed by atoms with Crippen molar-refractivity contribution in [3.05, 3.63) is 24.3 Å². The van der Waals surface area contributed by atoms with Crippen LogP contribution in [0.5, 0.6) is 5.75 Å². The Bertz CT molecular complexity index is 535. The number of rotatable bonds is 5. The number of hydrogen-bond acceptors (Lipinski definition) is 4. The molecule has 2 aliphatic rings. The Kier molecular flexibility index (Phi) is 6.10. The Labute approximate surface area is 145 Å². The van der Waals surface area contributed by atoms with Gasteiger partial charge in [0.05, 0.1) is 19.3 Å². The van der Waals surface area contributed by atoms with Crippen LogP contribution in [0.4, 0.5) is 5.69 Å². The number of nitrogens with zero attached hydrogens (tertiary/aromatic N) is 2. The molecule has 3 rings (SSSR count). The van der Waals surface area contributed by atoms with E-state index in [2.05, 4.69) is 15.1 Å². The summed E-state index contributed by atoms with van der Waals surface area (Å²) in [5, 5.41) is 2.96. The van der Waals surface area contributed by atoms with Crippen molar-refractivity contribution in [2.75, 3.05) is 45.2 Å². The fourth-order valence-corrected chi connectivity index (χ4v) is 3.87. The summed E-state index contributed by atoms with van der Waals surface area (Å²) in [4.78, 5) is 17.2. The van der Waals surface area contributed by atoms with E-state index >= 15 is 0 Å². The van der Waals surface area contributed by atoms with Crippen LogP contribution in [0.1, 0.15) is 32.1 Å². The fraction of sp³-hybridized carbons (Fsp3) is 0.632. The smallest absolute Gasteiger partial charge is 0.238 e. The molecule has 132 valence electrons. The molecular formula is C19H29N3O2. The third-order valence-electron chi connectivity index (χ3n) is 5.25. The Balaban J connectivity index is 1.44. The lowest BCUT2D eigenvalue weighted by atomic mass is 9.94. The van der Waals surface area contributed by atoms with Crippen LogP contribution in [-0.2, 0) is 4.79 Å². The van der Waals surface area contributed by atoms with Crippen LogP contribution in [-0.4, -0.2) is 61.6 Å². The number of carbonyl (C=O) groups is 1. The second kappa shape index (κ2) is 8.49. The number of para-hydroxylation sites is 2. The van der Waals surface area contributed by atoms with E-state index < -0.39 is 0 Å². The topological polar surface area (TPSA) is 44.8 Å². The van der Waals surface area contributed by atoms with E-state index in [0.29, 0.717) is 12.3 Å². The highest BCUT2D eigenvalue weighted by molar-refractivity contribution is 5.93. The van der Waals surface area contributed by atoms with Gasteiger partial charge in [-0.15, -0.1) is 0 Å². The van der Waals surface area contributed by atoms with Crippen molar-refractivity contribution >= 4 is 11.6 Å². The standard InChI is InChI=1S/C19H29N3O2/c1-24-18-10-6-5-9-17(18)20-19(23)15-21-11-13-22(14-12-21)16-7-3-2-4-8-16/h5-6,9-10,16H,2-4,7-8,11-15H2,1H3,(H,20,23). The van der Waals surface area contributed by atoms with Gasteiger partial charge in [0.15, 0.2) is 0 Å². The van der Waals surface area contributed by atoms with Gasteiger partial charge in [-0.25, -0.2) is 0 Å². The molecule has 5 heteroatoms. The number of hydrogen-bond donors (Lipinski definition) is 1. The zero-order valence-corrected chi connectivity index (χ0v) is 14.7. The summed E-state index contributed by atoms with van der Waals surface area (Å²) < 4.78 is 5.28. The van der Waals surface area contributed by atoms with E-state index in [1.54, 1.807) is 7.11 Å². The van der Waals surface area contributed by atoms with E-state index in [1.807, 2.05) is 24.3 Å². The predicted molar refractivity (Wildman–Crippen MR) is 96.5 cm³/mol. The van der Waals surface area contributed by atoms with Crippen LogP contribution < -0.4 is 10.1 Å². The largest absolute Gasteiger partial charge is 0.495 e. The van der Waals surface area contributed by atoms with E-state index in [9.17, 15) is 4.79 Å². The molecule has 1 aliphatic heterocycles. The molecule has 0 unspecified atom stereocenters. The summed E-state index contributed by atoms with van der Waals surface area (Å²) in [6.45, 7) is 4.60. The molecule has 5 nitrogen and oxygen atoms in total. The molecule has 1 aliphatic carbocycles. The van der Waals surface area contributed by atoms with Crippen molar-refractivity contribution < 1.29 is 9.53 Å². The van der Waals surface area contributed by atoms with Crippen LogP contribution in [0.25, 0.3) is 0 Å². The van der Waals surface area contributed by atoms with Gasteiger partial charge in [-0.3, -0.25) is 14.6 Å². The molecule has 2 fully saturated rings. The molecule has 1 saturated carbocycles. The lowest BCUT2D eigenvalue weighted by Gasteiger charge is -2.40. The number of ether oxygens (including phenoxy) is 1. The first kappa shape index (κ1) is 17.2. The Morgan fingerprint density at radius 2 is 1.83 bits per heavy atom. The van der Waals surface area contributed by atoms with Crippen molar-refractivity contribution in [2.45, 2.75) is 38.1 Å². The van der Waals surface area contributed by atoms with Gasteiger partial charge >= 0.3 is 0 Å². The first-order valence-electron chi connectivity index (χ1n) is 9.15. The maximum absolute atomic E-state index is 12.3. The maximum Gasteiger partial charge on any atom is 0.238 e.